The predicted octanol–water partition coefficient (Wildman–Crippen LogP) is 13.6. The van der Waals surface area contributed by atoms with Crippen LogP contribution in [0, 0.1) is 6.92 Å². The molecule has 34 heteroatoms. The standard InChI is InChI=1S/C25H25N5O.C24H22N4O2.C24H22N4O.C14H13N9.C14H12N8/c1-29(2)20-10-6-9-18(14-20)24-23-21-11-12-30(16-19(21)15-26-25(23)28-27-24)22(31)13-17-7-4-3-5-8-17;1-30-20-10-6-5-9-19(20)23-22-18-11-12-28(15-17(18)14-25-24(22)27-26-23)21(29)13-16-7-3-2-4-8-16;1-16-7-5-6-10-19(16)23-22-20-11-12-28(15-18(20)14-25-24(22)27-26-23)21(29)13-17-8-3-2-4-9-17;15-14-19-12-10(5-18-22-12)13(20-14)23-2-1-8-7(6-23)3-16-11-9(8)4-17-21-11;1-2-22(14-11-5-19-21-13(11)16-7-17-14)6-8-3-15-12-10(9(1)8)4-18-20-12/h3-10,14-15H,11-13,16H2,1-2H3,(H,26,27,28);2-10,14H,11-13,15H2,1H3,(H,25,26,27);2-10,14H,11-13,15H2,1H3,(H,25,26,27);3-5H,1-2,6H2,(H,16,17,21)(H3,15,18,19,20,22);3-5,7H,1-2,6H2,(H,15,18,20)(H,16,17,19,21). The number of anilines is 4. The number of amides is 3. The van der Waals surface area contributed by atoms with Crippen LogP contribution in [-0.4, -0.2) is 203 Å². The topological polar surface area (TPSA) is 423 Å². The summed E-state index contributed by atoms with van der Waals surface area (Å²) in [7, 11) is 5.74. The number of ether oxygens (including phenoxy) is 1. The number of carbonyl (C=O) groups is 3. The Morgan fingerprint density at radius 3 is 1.29 bits per heavy atom. The van der Waals surface area contributed by atoms with Gasteiger partial charge in [0.25, 0.3) is 0 Å². The van der Waals surface area contributed by atoms with Crippen LogP contribution in [0.4, 0.5) is 23.3 Å². The fourth-order valence-electron chi connectivity index (χ4n) is 19.0. The van der Waals surface area contributed by atoms with Crippen LogP contribution in [0.1, 0.15) is 77.9 Å². The highest BCUT2D eigenvalue weighted by Crippen LogP contribution is 2.41. The fourth-order valence-corrected chi connectivity index (χ4v) is 19.0. The Morgan fingerprint density at radius 1 is 0.385 bits per heavy atom. The first-order valence-corrected chi connectivity index (χ1v) is 44.9. The van der Waals surface area contributed by atoms with E-state index in [9.17, 15) is 14.4 Å². The Morgan fingerprint density at radius 2 is 0.793 bits per heavy atom. The van der Waals surface area contributed by atoms with Crippen molar-refractivity contribution in [2.45, 2.75) is 91.0 Å². The number of rotatable bonds is 13. The van der Waals surface area contributed by atoms with E-state index >= 15 is 0 Å². The van der Waals surface area contributed by atoms with Gasteiger partial charge in [-0.2, -0.15) is 45.7 Å². The van der Waals surface area contributed by atoms with Gasteiger partial charge in [0, 0.05) is 144 Å². The van der Waals surface area contributed by atoms with Gasteiger partial charge in [-0.05, 0) is 141 Å². The van der Waals surface area contributed by atoms with Crippen LogP contribution in [-0.2, 0) is 98.5 Å². The molecule has 0 unspecified atom stereocenters. The lowest BCUT2D eigenvalue weighted by Crippen LogP contribution is -2.37. The summed E-state index contributed by atoms with van der Waals surface area (Å²) in [4.78, 5) is 90.6. The molecule has 9 N–H and O–H groups in total. The van der Waals surface area contributed by atoms with Crippen molar-refractivity contribution in [1.29, 1.82) is 0 Å². The van der Waals surface area contributed by atoms with E-state index in [4.69, 9.17) is 10.5 Å². The van der Waals surface area contributed by atoms with Crippen LogP contribution in [0.25, 0.3) is 111 Å². The quantitative estimate of drug-likeness (QED) is 0.0531. The summed E-state index contributed by atoms with van der Waals surface area (Å²) in [6.07, 6.45) is 23.7. The van der Waals surface area contributed by atoms with E-state index in [2.05, 4.69) is 174 Å². The molecule has 0 fully saturated rings. The molecular weight excluding hydrogens is 1700 g/mol. The van der Waals surface area contributed by atoms with Crippen molar-refractivity contribution in [3.05, 3.63) is 304 Å². The summed E-state index contributed by atoms with van der Waals surface area (Å²) in [6.45, 7) is 9.22. The molecule has 3 amide bonds. The lowest BCUT2D eigenvalue weighted by atomic mass is 9.94. The Labute approximate surface area is 772 Å². The van der Waals surface area contributed by atoms with E-state index < -0.39 is 0 Å². The van der Waals surface area contributed by atoms with Crippen molar-refractivity contribution < 1.29 is 19.1 Å². The number of nitrogens with two attached hydrogens (primary N) is 1. The molecule has 20 aromatic rings. The average molecular weight is 1790 g/mol. The van der Waals surface area contributed by atoms with Crippen molar-refractivity contribution in [3.8, 4) is 39.5 Å². The number of hydrogen-bond donors (Lipinski definition) is 8. The Kier molecular flexibility index (Phi) is 23.3. The van der Waals surface area contributed by atoms with Gasteiger partial charge in [0.2, 0.25) is 23.7 Å². The number of pyridine rings is 5. The number of nitrogens with one attached hydrogen (secondary N) is 7. The largest absolute Gasteiger partial charge is 0.496 e. The number of methoxy groups -OCH3 is 1. The first-order chi connectivity index (χ1) is 66.2. The molecule has 0 atom stereocenters. The van der Waals surface area contributed by atoms with Crippen molar-refractivity contribution in [2.75, 3.05) is 74.4 Å². The zero-order valence-corrected chi connectivity index (χ0v) is 74.6. The summed E-state index contributed by atoms with van der Waals surface area (Å²) in [5.74, 6) is 3.21. The monoisotopic (exact) mass is 1790 g/mol. The van der Waals surface area contributed by atoms with Crippen molar-refractivity contribution in [2.24, 2.45) is 0 Å². The molecule has 0 aliphatic carbocycles. The minimum absolute atomic E-state index is 0.143. The molecule has 0 radical (unpaired) electrons. The highest BCUT2D eigenvalue weighted by atomic mass is 16.5. The maximum atomic E-state index is 12.9. The summed E-state index contributed by atoms with van der Waals surface area (Å²) in [5.41, 5.74) is 34.7. The molecule has 19 heterocycles. The molecule has 0 spiro atoms. The summed E-state index contributed by atoms with van der Waals surface area (Å²) >= 11 is 0. The van der Waals surface area contributed by atoms with E-state index in [1.54, 1.807) is 25.8 Å². The smallest absolute Gasteiger partial charge is 0.227 e. The van der Waals surface area contributed by atoms with Gasteiger partial charge >= 0.3 is 0 Å². The second-order valence-corrected chi connectivity index (χ2v) is 34.3. The lowest BCUT2D eigenvalue weighted by molar-refractivity contribution is -0.132. The molecular formula is C101H94N30O4. The third-order valence-corrected chi connectivity index (χ3v) is 25.9. The van der Waals surface area contributed by atoms with Gasteiger partial charge in [-0.3, -0.25) is 50.1 Å². The SMILES string of the molecule is CN(C)c1cccc(-c2[nH]nc3ncc4c(c23)CCN(C(=O)Cc2ccccc2)C4)c1.COc1ccccc1-c1[nH]nc2ncc3c(c12)CCN(C(=O)Cc1ccccc1)C3.Cc1ccccc1-c1[nH]nc2ncc3c(c12)CCN(C(=O)Cc1ccccc1)C3.Nc1nc(N2CCc3c(cnc4[nH]ncc34)C2)c2cn[nH]c2n1.c1nc(N2CCc3c(cnc4[nH]ncc34)C2)c2cn[nH]c2n1. The number of nitrogens with zero attached hydrogens (tertiary/aromatic N) is 22. The minimum Gasteiger partial charge on any atom is -0.496 e. The molecule has 5 aliphatic rings. The highest BCUT2D eigenvalue weighted by Gasteiger charge is 2.32. The third kappa shape index (κ3) is 17.2. The second kappa shape index (κ2) is 37.1. The average Bonchev–Trinajstić information content (AvgIpc) is 1.53. The predicted molar refractivity (Wildman–Crippen MR) is 516 cm³/mol. The van der Waals surface area contributed by atoms with Gasteiger partial charge in [-0.1, -0.05) is 140 Å². The number of aryl methyl sites for hydroxylation is 1. The van der Waals surface area contributed by atoms with E-state index in [1.807, 2.05) is 200 Å². The Bertz CT molecular complexity index is 7790. The highest BCUT2D eigenvalue weighted by molar-refractivity contribution is 5.99. The van der Waals surface area contributed by atoms with Gasteiger partial charge in [-0.15, -0.1) is 0 Å². The van der Waals surface area contributed by atoms with Crippen molar-refractivity contribution >= 4 is 118 Å². The van der Waals surface area contributed by atoms with Gasteiger partial charge in [-0.25, -0.2) is 34.9 Å². The zero-order valence-electron chi connectivity index (χ0n) is 74.6. The molecule has 5 aliphatic heterocycles. The fraction of sp³-hybridized carbons (Fsp3) is 0.218. The second-order valence-electron chi connectivity index (χ2n) is 34.3. The number of aromatic nitrogens is 23. The zero-order chi connectivity index (χ0) is 91.6. The van der Waals surface area contributed by atoms with E-state index in [-0.39, 0.29) is 23.7 Å². The van der Waals surface area contributed by atoms with Crippen LogP contribution in [0.2, 0.25) is 0 Å². The van der Waals surface area contributed by atoms with Crippen LogP contribution in [0.3, 0.4) is 0 Å². The molecule has 0 bridgehead atoms. The number of para-hydroxylation sites is 1. The van der Waals surface area contributed by atoms with Crippen LogP contribution in [0.15, 0.2) is 226 Å². The molecule has 25 rings (SSSR count). The first kappa shape index (κ1) is 84.8. The van der Waals surface area contributed by atoms with Gasteiger partial charge in [0.15, 0.2) is 39.5 Å². The molecule has 34 nitrogen and oxygen atoms in total. The van der Waals surface area contributed by atoms with Gasteiger partial charge in [0.05, 0.1) is 95.2 Å². The van der Waals surface area contributed by atoms with Gasteiger partial charge in [0.1, 0.15) is 23.7 Å². The van der Waals surface area contributed by atoms with E-state index in [1.165, 1.54) is 44.5 Å². The maximum Gasteiger partial charge on any atom is 0.227 e. The van der Waals surface area contributed by atoms with Crippen LogP contribution < -0.4 is 25.2 Å². The molecule has 6 aromatic carbocycles. The van der Waals surface area contributed by atoms with Crippen molar-refractivity contribution in [1.82, 2.24) is 131 Å². The molecule has 0 saturated heterocycles. The number of hydrogen-bond acceptors (Lipinski definition) is 24. The number of aromatic amines is 7. The number of fused-ring (bicyclic) bond motifs is 17. The normalized spacial score (nSPS) is 13.8. The molecule has 672 valence electrons. The number of nitrogen functional groups attached to an aromatic ring is 1. The van der Waals surface area contributed by atoms with Crippen molar-refractivity contribution in [3.63, 3.8) is 0 Å². The Hall–Kier alpha value is -17.1. The van der Waals surface area contributed by atoms with Crippen LogP contribution in [0.5, 0.6) is 5.75 Å². The first-order valence-electron chi connectivity index (χ1n) is 44.9. The molecule has 0 saturated carbocycles. The number of H-pyrrole nitrogens is 7. The summed E-state index contributed by atoms with van der Waals surface area (Å²) in [5, 5.41) is 57.9. The van der Waals surface area contributed by atoms with E-state index in [0.29, 0.717) is 63.3 Å². The summed E-state index contributed by atoms with van der Waals surface area (Å²) in [6, 6.07) is 54.3. The number of carbonyl (C=O) groups excluding carboxylic acids is 3. The van der Waals surface area contributed by atoms with E-state index in [0.717, 1.165) is 221 Å². The Balaban J connectivity index is 0.000000102. The summed E-state index contributed by atoms with van der Waals surface area (Å²) < 4.78 is 5.55. The number of benzene rings is 6. The minimum atomic E-state index is 0.143. The van der Waals surface area contributed by atoms with Crippen LogP contribution >= 0.6 is 0 Å². The molecule has 14 aromatic heterocycles. The third-order valence-electron chi connectivity index (χ3n) is 25.9. The molecule has 135 heavy (non-hydrogen) atoms. The van der Waals surface area contributed by atoms with Gasteiger partial charge < -0.3 is 39.9 Å². The maximum absolute atomic E-state index is 12.9. The lowest BCUT2D eigenvalue weighted by Gasteiger charge is -2.30.